The number of hydrogen-bond acceptors (Lipinski definition) is 1. The number of quaternary nitrogens is 1. The Bertz CT molecular complexity index is 338. The lowest BCUT2D eigenvalue weighted by Gasteiger charge is -2.36. The summed E-state index contributed by atoms with van der Waals surface area (Å²) in [7, 11) is 4.06. The Balaban J connectivity index is 2.18. The smallest absolute Gasteiger partial charge is 0.0709 e. The van der Waals surface area contributed by atoms with Crippen molar-refractivity contribution in [1.82, 2.24) is 0 Å². The molecule has 1 aromatic rings. The summed E-state index contributed by atoms with van der Waals surface area (Å²) in [5.41, 5.74) is 4.13. The maximum Gasteiger partial charge on any atom is 0.0709 e. The molecule has 0 bridgehead atoms. The number of anilines is 1. The van der Waals surface area contributed by atoms with Gasteiger partial charge in [-0.25, -0.2) is 0 Å². The topological polar surface area (TPSA) is 7.68 Å². The molecule has 0 saturated carbocycles. The predicted molar refractivity (Wildman–Crippen MR) is 64.2 cm³/mol. The van der Waals surface area contributed by atoms with Crippen LogP contribution in [0.3, 0.4) is 0 Å². The van der Waals surface area contributed by atoms with Crippen molar-refractivity contribution in [3.05, 3.63) is 36.4 Å². The normalized spacial score (nSPS) is 18.2. The second kappa shape index (κ2) is 4.23. The molecule has 0 amide bonds. The van der Waals surface area contributed by atoms with Crippen molar-refractivity contribution in [2.24, 2.45) is 0 Å². The van der Waals surface area contributed by atoms with Crippen LogP contribution in [0.1, 0.15) is 11.1 Å². The van der Waals surface area contributed by atoms with E-state index < -0.39 is 0 Å². The zero-order valence-electron chi connectivity index (χ0n) is 9.71. The highest BCUT2D eigenvalue weighted by Crippen LogP contribution is 2.21. The summed E-state index contributed by atoms with van der Waals surface area (Å²) >= 11 is 0. The lowest BCUT2D eigenvalue weighted by atomic mass is 10.1. The van der Waals surface area contributed by atoms with Crippen LogP contribution in [0.2, 0.25) is 0 Å². The van der Waals surface area contributed by atoms with Crippen molar-refractivity contribution >= 4 is 5.69 Å². The molecule has 0 unspecified atom stereocenters. The molecule has 2 nitrogen and oxygen atoms in total. The molecule has 1 aromatic carbocycles. The number of piperazine rings is 1. The first-order valence-electron chi connectivity index (χ1n) is 5.65. The van der Waals surface area contributed by atoms with Crippen molar-refractivity contribution < 1.29 is 4.90 Å². The molecular weight excluding hydrogens is 184 g/mol. The largest absolute Gasteiger partial charge is 0.465 e. The van der Waals surface area contributed by atoms with Crippen molar-refractivity contribution in [2.75, 3.05) is 31.1 Å². The first-order chi connectivity index (χ1) is 7.16. The van der Waals surface area contributed by atoms with Crippen LogP contribution < -0.4 is 9.80 Å². The van der Waals surface area contributed by atoms with E-state index in [-0.39, 0.29) is 0 Å². The molecule has 0 aromatic heterocycles. The third-order valence-electron chi connectivity index (χ3n) is 3.18. The first kappa shape index (κ1) is 10.5. The molecule has 1 fully saturated rings. The quantitative estimate of drug-likeness (QED) is 0.665. The molecule has 0 aliphatic carbocycles. The highest BCUT2D eigenvalue weighted by molar-refractivity contribution is 5.55. The SMILES string of the molecule is [CH2-][NH+]1CCN(c2cc(C)ccc2C)CC1. The maximum absolute atomic E-state index is 4.06. The molecule has 1 N–H and O–H groups in total. The van der Waals surface area contributed by atoms with Crippen LogP contribution >= 0.6 is 0 Å². The minimum absolute atomic E-state index is 1.13. The van der Waals surface area contributed by atoms with Gasteiger partial charge in [-0.05, 0) is 31.0 Å². The van der Waals surface area contributed by atoms with Gasteiger partial charge in [0.05, 0.1) is 26.2 Å². The van der Waals surface area contributed by atoms with Gasteiger partial charge in [0, 0.05) is 5.69 Å². The van der Waals surface area contributed by atoms with Gasteiger partial charge in [0.15, 0.2) is 0 Å². The number of nitrogens with one attached hydrogen (secondary N) is 1. The second-order valence-electron chi connectivity index (χ2n) is 4.53. The molecule has 1 aliphatic heterocycles. The molecule has 0 atom stereocenters. The van der Waals surface area contributed by atoms with Gasteiger partial charge >= 0.3 is 0 Å². The summed E-state index contributed by atoms with van der Waals surface area (Å²) < 4.78 is 0. The maximum atomic E-state index is 4.06. The van der Waals surface area contributed by atoms with Crippen LogP contribution in [0, 0.1) is 20.9 Å². The molecule has 1 saturated heterocycles. The highest BCUT2D eigenvalue weighted by atomic mass is 15.2. The molecule has 2 heteroatoms. The zero-order chi connectivity index (χ0) is 10.8. The summed E-state index contributed by atoms with van der Waals surface area (Å²) in [6, 6.07) is 6.69. The van der Waals surface area contributed by atoms with Crippen molar-refractivity contribution in [1.29, 1.82) is 0 Å². The minimum Gasteiger partial charge on any atom is -0.465 e. The Hall–Kier alpha value is -1.02. The van der Waals surface area contributed by atoms with Crippen LogP contribution in [0.15, 0.2) is 18.2 Å². The number of benzene rings is 1. The van der Waals surface area contributed by atoms with E-state index in [1.165, 1.54) is 21.7 Å². The van der Waals surface area contributed by atoms with E-state index >= 15 is 0 Å². The minimum atomic E-state index is 1.13. The van der Waals surface area contributed by atoms with E-state index in [0.717, 1.165) is 26.2 Å². The van der Waals surface area contributed by atoms with E-state index in [9.17, 15) is 0 Å². The third kappa shape index (κ3) is 2.32. The lowest BCUT2D eigenvalue weighted by molar-refractivity contribution is -0.854. The summed E-state index contributed by atoms with van der Waals surface area (Å²) in [6.07, 6.45) is 0. The van der Waals surface area contributed by atoms with Gasteiger partial charge in [-0.2, -0.15) is 7.05 Å². The Morgan fingerprint density at radius 2 is 1.87 bits per heavy atom. The number of rotatable bonds is 1. The van der Waals surface area contributed by atoms with Gasteiger partial charge in [0.2, 0.25) is 0 Å². The van der Waals surface area contributed by atoms with E-state index in [1.54, 1.807) is 0 Å². The van der Waals surface area contributed by atoms with Crippen LogP contribution in [0.5, 0.6) is 0 Å². The molecule has 0 radical (unpaired) electrons. The standard InChI is InChI=1S/C13H20N2/c1-11-4-5-12(2)13(10-11)15-8-6-14(3)7-9-15/h4-5,10,14H,3,6-9H2,1-2H3. The molecule has 1 aliphatic rings. The van der Waals surface area contributed by atoms with Gasteiger partial charge < -0.3 is 9.80 Å². The first-order valence-corrected chi connectivity index (χ1v) is 5.65. The van der Waals surface area contributed by atoms with Crippen LogP contribution in [0.4, 0.5) is 5.69 Å². The monoisotopic (exact) mass is 204 g/mol. The lowest BCUT2D eigenvalue weighted by Crippen LogP contribution is -3.10. The van der Waals surface area contributed by atoms with Gasteiger partial charge in [-0.3, -0.25) is 0 Å². The second-order valence-corrected chi connectivity index (χ2v) is 4.53. The Morgan fingerprint density at radius 1 is 1.20 bits per heavy atom. The Kier molecular flexibility index (Phi) is 2.96. The molecule has 0 spiro atoms. The highest BCUT2D eigenvalue weighted by Gasteiger charge is 2.15. The molecule has 2 rings (SSSR count). The zero-order valence-corrected chi connectivity index (χ0v) is 9.71. The van der Waals surface area contributed by atoms with E-state index in [4.69, 9.17) is 0 Å². The Labute approximate surface area is 92.5 Å². The summed E-state index contributed by atoms with van der Waals surface area (Å²) in [6.45, 7) is 8.90. The fraction of sp³-hybridized carbons (Fsp3) is 0.462. The molecule has 15 heavy (non-hydrogen) atoms. The average molecular weight is 204 g/mol. The van der Waals surface area contributed by atoms with Gasteiger partial charge in [-0.15, -0.1) is 0 Å². The fourth-order valence-electron chi connectivity index (χ4n) is 2.12. The van der Waals surface area contributed by atoms with Gasteiger partial charge in [0.25, 0.3) is 0 Å². The number of hydrogen-bond donors (Lipinski definition) is 1. The van der Waals surface area contributed by atoms with Crippen molar-refractivity contribution in [2.45, 2.75) is 13.8 Å². The fourth-order valence-corrected chi connectivity index (χ4v) is 2.12. The van der Waals surface area contributed by atoms with Gasteiger partial charge in [-0.1, -0.05) is 12.1 Å². The number of aryl methyl sites for hydroxylation is 2. The van der Waals surface area contributed by atoms with Crippen molar-refractivity contribution in [3.63, 3.8) is 0 Å². The van der Waals surface area contributed by atoms with Crippen LogP contribution in [-0.4, -0.2) is 26.2 Å². The molecule has 82 valence electrons. The van der Waals surface area contributed by atoms with Crippen molar-refractivity contribution in [3.8, 4) is 0 Å². The Morgan fingerprint density at radius 3 is 2.53 bits per heavy atom. The van der Waals surface area contributed by atoms with Crippen LogP contribution in [0.25, 0.3) is 0 Å². The summed E-state index contributed by atoms with van der Waals surface area (Å²) in [5, 5.41) is 0. The van der Waals surface area contributed by atoms with Crippen LogP contribution in [-0.2, 0) is 0 Å². The van der Waals surface area contributed by atoms with E-state index in [0.29, 0.717) is 0 Å². The van der Waals surface area contributed by atoms with E-state index in [2.05, 4.69) is 44.0 Å². The van der Waals surface area contributed by atoms with Gasteiger partial charge in [0.1, 0.15) is 0 Å². The molecular formula is C13H20N2. The van der Waals surface area contributed by atoms with E-state index in [1.807, 2.05) is 0 Å². The number of nitrogens with zero attached hydrogens (tertiary/aromatic N) is 1. The molecule has 1 heterocycles. The third-order valence-corrected chi connectivity index (χ3v) is 3.18. The average Bonchev–Trinajstić information content (AvgIpc) is 2.23. The predicted octanol–water partition coefficient (Wildman–Crippen LogP) is 0.800. The summed E-state index contributed by atoms with van der Waals surface area (Å²) in [5.74, 6) is 0. The summed E-state index contributed by atoms with van der Waals surface area (Å²) in [4.78, 5) is 3.88.